The molecule has 0 aromatic heterocycles. The Morgan fingerprint density at radius 2 is 1.74 bits per heavy atom. The van der Waals surface area contributed by atoms with Gasteiger partial charge in [0.05, 0.1) is 0 Å². The molecule has 3 rings (SSSR count). The SMILES string of the molecule is CC1CCN(Cc2ccc(NCC3CC3)cc2)CC1. The fourth-order valence-corrected chi connectivity index (χ4v) is 2.79. The van der Waals surface area contributed by atoms with Crippen molar-refractivity contribution in [1.29, 1.82) is 0 Å². The zero-order valence-electron chi connectivity index (χ0n) is 12.1. The van der Waals surface area contributed by atoms with Crippen LogP contribution in [0.25, 0.3) is 0 Å². The van der Waals surface area contributed by atoms with Crippen LogP contribution in [0.2, 0.25) is 0 Å². The summed E-state index contributed by atoms with van der Waals surface area (Å²) in [5.41, 5.74) is 2.73. The third-order valence-corrected chi connectivity index (χ3v) is 4.53. The lowest BCUT2D eigenvalue weighted by atomic mass is 9.99. The minimum atomic E-state index is 0.922. The molecule has 19 heavy (non-hydrogen) atoms. The van der Waals surface area contributed by atoms with Crippen LogP contribution in [-0.4, -0.2) is 24.5 Å². The Morgan fingerprint density at radius 3 is 2.37 bits per heavy atom. The Balaban J connectivity index is 1.47. The molecule has 1 heterocycles. The molecule has 0 radical (unpaired) electrons. The number of hydrogen-bond acceptors (Lipinski definition) is 2. The summed E-state index contributed by atoms with van der Waals surface area (Å²) in [6.45, 7) is 7.18. The summed E-state index contributed by atoms with van der Waals surface area (Å²) >= 11 is 0. The fraction of sp³-hybridized carbons (Fsp3) is 0.647. The number of likely N-dealkylation sites (tertiary alicyclic amines) is 1. The van der Waals surface area contributed by atoms with Crippen molar-refractivity contribution in [2.75, 3.05) is 25.0 Å². The van der Waals surface area contributed by atoms with Crippen LogP contribution in [0.4, 0.5) is 5.69 Å². The second-order valence-electron chi connectivity index (χ2n) is 6.48. The summed E-state index contributed by atoms with van der Waals surface area (Å²) in [5.74, 6) is 1.86. The summed E-state index contributed by atoms with van der Waals surface area (Å²) < 4.78 is 0. The number of nitrogens with zero attached hydrogens (tertiary/aromatic N) is 1. The molecule has 2 nitrogen and oxygen atoms in total. The topological polar surface area (TPSA) is 15.3 Å². The van der Waals surface area contributed by atoms with Crippen molar-refractivity contribution in [2.45, 2.75) is 39.2 Å². The minimum absolute atomic E-state index is 0.922. The average Bonchev–Trinajstić information content (AvgIpc) is 3.25. The third-order valence-electron chi connectivity index (χ3n) is 4.53. The Labute approximate surface area is 117 Å². The van der Waals surface area contributed by atoms with E-state index in [0.717, 1.165) is 24.9 Å². The fourth-order valence-electron chi connectivity index (χ4n) is 2.79. The van der Waals surface area contributed by atoms with Gasteiger partial charge >= 0.3 is 0 Å². The lowest BCUT2D eigenvalue weighted by Gasteiger charge is -2.30. The van der Waals surface area contributed by atoms with E-state index in [1.54, 1.807) is 0 Å². The Morgan fingerprint density at radius 1 is 1.05 bits per heavy atom. The molecule has 1 saturated carbocycles. The number of anilines is 1. The zero-order valence-corrected chi connectivity index (χ0v) is 12.1. The van der Waals surface area contributed by atoms with E-state index in [1.807, 2.05) is 0 Å². The quantitative estimate of drug-likeness (QED) is 0.865. The van der Waals surface area contributed by atoms with E-state index < -0.39 is 0 Å². The van der Waals surface area contributed by atoms with Gasteiger partial charge in [0.1, 0.15) is 0 Å². The van der Waals surface area contributed by atoms with Gasteiger partial charge in [0.2, 0.25) is 0 Å². The molecule has 1 aliphatic heterocycles. The van der Waals surface area contributed by atoms with Crippen LogP contribution in [0.3, 0.4) is 0 Å². The first-order valence-corrected chi connectivity index (χ1v) is 7.85. The first-order chi connectivity index (χ1) is 9.29. The molecular formula is C17H26N2. The lowest BCUT2D eigenvalue weighted by molar-refractivity contribution is 0.185. The summed E-state index contributed by atoms with van der Waals surface area (Å²) in [7, 11) is 0. The van der Waals surface area contributed by atoms with E-state index in [4.69, 9.17) is 0 Å². The molecule has 1 aliphatic carbocycles. The van der Waals surface area contributed by atoms with E-state index in [-0.39, 0.29) is 0 Å². The molecule has 0 amide bonds. The molecule has 2 heteroatoms. The third kappa shape index (κ3) is 3.97. The van der Waals surface area contributed by atoms with Crippen molar-refractivity contribution in [3.63, 3.8) is 0 Å². The van der Waals surface area contributed by atoms with Gasteiger partial charge in [-0.1, -0.05) is 19.1 Å². The van der Waals surface area contributed by atoms with E-state index in [0.29, 0.717) is 0 Å². The number of benzene rings is 1. The molecule has 1 aromatic carbocycles. The maximum atomic E-state index is 3.53. The van der Waals surface area contributed by atoms with Gasteiger partial charge in [-0.3, -0.25) is 4.90 Å². The van der Waals surface area contributed by atoms with Crippen molar-refractivity contribution < 1.29 is 0 Å². The predicted octanol–water partition coefficient (Wildman–Crippen LogP) is 3.74. The van der Waals surface area contributed by atoms with Gasteiger partial charge in [-0.05, 0) is 68.3 Å². The summed E-state index contributed by atoms with van der Waals surface area (Å²) in [5, 5.41) is 3.53. The van der Waals surface area contributed by atoms with E-state index in [2.05, 4.69) is 41.4 Å². The van der Waals surface area contributed by atoms with Crippen molar-refractivity contribution >= 4 is 5.69 Å². The maximum Gasteiger partial charge on any atom is 0.0340 e. The Bertz CT molecular complexity index is 386. The van der Waals surface area contributed by atoms with Crippen molar-refractivity contribution in [3.05, 3.63) is 29.8 Å². The van der Waals surface area contributed by atoms with Crippen molar-refractivity contribution in [1.82, 2.24) is 4.90 Å². The molecule has 1 N–H and O–H groups in total. The van der Waals surface area contributed by atoms with Gasteiger partial charge in [-0.15, -0.1) is 0 Å². The second kappa shape index (κ2) is 5.96. The molecule has 1 aromatic rings. The van der Waals surface area contributed by atoms with Gasteiger partial charge in [-0.25, -0.2) is 0 Å². The molecule has 0 unspecified atom stereocenters. The van der Waals surface area contributed by atoms with Crippen LogP contribution in [-0.2, 0) is 6.54 Å². The molecule has 0 atom stereocenters. The molecule has 2 aliphatic rings. The van der Waals surface area contributed by atoms with Crippen LogP contribution >= 0.6 is 0 Å². The van der Waals surface area contributed by atoms with Gasteiger partial charge < -0.3 is 5.32 Å². The normalized spacial score (nSPS) is 21.5. The van der Waals surface area contributed by atoms with Crippen LogP contribution in [0.1, 0.15) is 38.2 Å². The number of piperidine rings is 1. The van der Waals surface area contributed by atoms with Crippen LogP contribution < -0.4 is 5.32 Å². The van der Waals surface area contributed by atoms with E-state index in [1.165, 1.54) is 50.0 Å². The zero-order chi connectivity index (χ0) is 13.1. The monoisotopic (exact) mass is 258 g/mol. The second-order valence-corrected chi connectivity index (χ2v) is 6.48. The molecule has 0 spiro atoms. The maximum absolute atomic E-state index is 3.53. The molecule has 2 fully saturated rings. The largest absolute Gasteiger partial charge is 0.385 e. The highest BCUT2D eigenvalue weighted by molar-refractivity contribution is 5.44. The summed E-state index contributed by atoms with van der Waals surface area (Å²) in [6, 6.07) is 9.05. The number of nitrogens with one attached hydrogen (secondary N) is 1. The van der Waals surface area contributed by atoms with Gasteiger partial charge in [-0.2, -0.15) is 0 Å². The van der Waals surface area contributed by atoms with Crippen molar-refractivity contribution in [3.8, 4) is 0 Å². The standard InChI is InChI=1S/C17H26N2/c1-14-8-10-19(11-9-14)13-16-4-6-17(7-5-16)18-12-15-2-3-15/h4-7,14-15,18H,2-3,8-13H2,1H3. The minimum Gasteiger partial charge on any atom is -0.385 e. The highest BCUT2D eigenvalue weighted by Crippen LogP contribution is 2.29. The van der Waals surface area contributed by atoms with Crippen LogP contribution in [0.15, 0.2) is 24.3 Å². The summed E-state index contributed by atoms with van der Waals surface area (Å²) in [6.07, 6.45) is 5.55. The molecule has 0 bridgehead atoms. The van der Waals surface area contributed by atoms with Gasteiger partial charge in [0.25, 0.3) is 0 Å². The van der Waals surface area contributed by atoms with Crippen molar-refractivity contribution in [2.24, 2.45) is 11.8 Å². The predicted molar refractivity (Wildman–Crippen MR) is 81.3 cm³/mol. The van der Waals surface area contributed by atoms with Crippen LogP contribution in [0, 0.1) is 11.8 Å². The highest BCUT2D eigenvalue weighted by atomic mass is 15.1. The molecule has 104 valence electrons. The van der Waals surface area contributed by atoms with E-state index >= 15 is 0 Å². The number of rotatable bonds is 5. The highest BCUT2D eigenvalue weighted by Gasteiger charge is 2.20. The van der Waals surface area contributed by atoms with E-state index in [9.17, 15) is 0 Å². The van der Waals surface area contributed by atoms with Crippen LogP contribution in [0.5, 0.6) is 0 Å². The summed E-state index contributed by atoms with van der Waals surface area (Å²) in [4.78, 5) is 2.59. The Hall–Kier alpha value is -1.02. The molecule has 1 saturated heterocycles. The average molecular weight is 258 g/mol. The molecular weight excluding hydrogens is 232 g/mol. The first-order valence-electron chi connectivity index (χ1n) is 7.85. The lowest BCUT2D eigenvalue weighted by Crippen LogP contribution is -2.32. The first kappa shape index (κ1) is 13.0. The Kier molecular flexibility index (Phi) is 4.07. The smallest absolute Gasteiger partial charge is 0.0340 e. The van der Waals surface area contributed by atoms with Gasteiger partial charge in [0.15, 0.2) is 0 Å². The van der Waals surface area contributed by atoms with Gasteiger partial charge in [0, 0.05) is 18.8 Å². The number of hydrogen-bond donors (Lipinski definition) is 1.